The zero-order valence-electron chi connectivity index (χ0n) is 9.27. The van der Waals surface area contributed by atoms with Crippen molar-refractivity contribution in [1.29, 1.82) is 0 Å². The van der Waals surface area contributed by atoms with Crippen molar-refractivity contribution < 1.29 is 9.50 Å². The molecule has 5 heteroatoms. The predicted molar refractivity (Wildman–Crippen MR) is 71.1 cm³/mol. The van der Waals surface area contributed by atoms with E-state index in [-0.39, 0.29) is 5.82 Å². The molecule has 3 nitrogen and oxygen atoms in total. The van der Waals surface area contributed by atoms with E-state index in [4.69, 9.17) is 0 Å². The number of aliphatic hydroxyl groups is 1. The lowest BCUT2D eigenvalue weighted by Gasteiger charge is -2.10. The molecule has 1 aromatic heterocycles. The van der Waals surface area contributed by atoms with E-state index in [9.17, 15) is 9.50 Å². The van der Waals surface area contributed by atoms with E-state index in [0.29, 0.717) is 9.13 Å². The van der Waals surface area contributed by atoms with Crippen molar-refractivity contribution in [2.45, 2.75) is 19.6 Å². The lowest BCUT2D eigenvalue weighted by atomic mass is 10.1. The molecule has 0 saturated carbocycles. The molecule has 0 radical (unpaired) electrons. The van der Waals surface area contributed by atoms with Crippen LogP contribution in [0.25, 0.3) is 0 Å². The van der Waals surface area contributed by atoms with Gasteiger partial charge in [0.2, 0.25) is 0 Å². The van der Waals surface area contributed by atoms with E-state index in [2.05, 4.69) is 5.10 Å². The summed E-state index contributed by atoms with van der Waals surface area (Å²) < 4.78 is 15.4. The quantitative estimate of drug-likeness (QED) is 0.868. The Kier molecular flexibility index (Phi) is 3.78. The average molecular weight is 346 g/mol. The number of aromatic nitrogens is 2. The largest absolute Gasteiger partial charge is 0.384 e. The standard InChI is InChI=1S/C12H12FIN2O/c1-2-16-7-8(6-15-16)12(17)10-4-3-9(13)5-11(10)14/h3-7,12,17H,2H2,1H3. The molecule has 0 spiro atoms. The summed E-state index contributed by atoms with van der Waals surface area (Å²) in [6, 6.07) is 4.36. The van der Waals surface area contributed by atoms with E-state index in [1.807, 2.05) is 29.5 Å². The fourth-order valence-electron chi connectivity index (χ4n) is 1.60. The zero-order valence-corrected chi connectivity index (χ0v) is 11.4. The van der Waals surface area contributed by atoms with Crippen molar-refractivity contribution in [2.24, 2.45) is 0 Å². The lowest BCUT2D eigenvalue weighted by molar-refractivity contribution is 0.219. The van der Waals surface area contributed by atoms with Crippen molar-refractivity contribution in [3.8, 4) is 0 Å². The molecule has 0 aliphatic carbocycles. The minimum absolute atomic E-state index is 0.297. The van der Waals surface area contributed by atoms with Gasteiger partial charge in [-0.05, 0) is 47.2 Å². The maximum atomic E-state index is 13.0. The van der Waals surface area contributed by atoms with Crippen molar-refractivity contribution >= 4 is 22.6 Å². The summed E-state index contributed by atoms with van der Waals surface area (Å²) in [5.41, 5.74) is 1.42. The number of aryl methyl sites for hydroxylation is 1. The molecule has 1 atom stereocenters. The Labute approximate surface area is 112 Å². The number of rotatable bonds is 3. The van der Waals surface area contributed by atoms with E-state index < -0.39 is 6.10 Å². The van der Waals surface area contributed by atoms with Gasteiger partial charge in [0, 0.05) is 21.9 Å². The number of aliphatic hydroxyl groups excluding tert-OH is 1. The molecule has 0 aliphatic heterocycles. The van der Waals surface area contributed by atoms with Gasteiger partial charge in [0.1, 0.15) is 11.9 Å². The molecule has 17 heavy (non-hydrogen) atoms. The van der Waals surface area contributed by atoms with Crippen LogP contribution in [0.4, 0.5) is 4.39 Å². The first-order valence-electron chi connectivity index (χ1n) is 5.27. The highest BCUT2D eigenvalue weighted by Gasteiger charge is 2.15. The molecule has 0 saturated heterocycles. The SMILES string of the molecule is CCn1cc(C(O)c2ccc(F)cc2I)cn1. The van der Waals surface area contributed by atoms with Crippen LogP contribution in [0.15, 0.2) is 30.6 Å². The van der Waals surface area contributed by atoms with Gasteiger partial charge in [0.05, 0.1) is 6.20 Å². The number of nitrogens with zero attached hydrogens (tertiary/aromatic N) is 2. The van der Waals surface area contributed by atoms with Crippen LogP contribution in [0.2, 0.25) is 0 Å². The Bertz CT molecular complexity index is 527. The minimum Gasteiger partial charge on any atom is -0.384 e. The summed E-state index contributed by atoms with van der Waals surface area (Å²) >= 11 is 2.02. The second-order valence-corrected chi connectivity index (χ2v) is 4.86. The number of hydrogen-bond donors (Lipinski definition) is 1. The van der Waals surface area contributed by atoms with E-state index >= 15 is 0 Å². The van der Waals surface area contributed by atoms with Crippen LogP contribution in [0.5, 0.6) is 0 Å². The summed E-state index contributed by atoms with van der Waals surface area (Å²) in [4.78, 5) is 0. The molecule has 2 rings (SSSR count). The van der Waals surface area contributed by atoms with Crippen LogP contribution >= 0.6 is 22.6 Å². The summed E-state index contributed by atoms with van der Waals surface area (Å²) in [6.07, 6.45) is 2.67. The Balaban J connectivity index is 2.33. The summed E-state index contributed by atoms with van der Waals surface area (Å²) in [5, 5.41) is 14.3. The number of halogens is 2. The molecule has 0 aliphatic rings. The molecular weight excluding hydrogens is 334 g/mol. The molecule has 1 N–H and O–H groups in total. The highest BCUT2D eigenvalue weighted by Crippen LogP contribution is 2.26. The Hall–Kier alpha value is -0.950. The van der Waals surface area contributed by atoms with E-state index in [1.165, 1.54) is 12.1 Å². The fourth-order valence-corrected chi connectivity index (χ4v) is 2.37. The Morgan fingerprint density at radius 2 is 2.29 bits per heavy atom. The van der Waals surface area contributed by atoms with Crippen molar-refractivity contribution in [1.82, 2.24) is 9.78 Å². The predicted octanol–water partition coefficient (Wildman–Crippen LogP) is 2.73. The smallest absolute Gasteiger partial charge is 0.124 e. The third-order valence-electron chi connectivity index (χ3n) is 2.55. The molecule has 0 amide bonds. The molecule has 1 aromatic carbocycles. The van der Waals surface area contributed by atoms with Crippen LogP contribution in [0, 0.1) is 9.39 Å². The number of hydrogen-bond acceptors (Lipinski definition) is 2. The van der Waals surface area contributed by atoms with Crippen LogP contribution in [0.1, 0.15) is 24.2 Å². The van der Waals surface area contributed by atoms with Gasteiger partial charge in [-0.15, -0.1) is 0 Å². The summed E-state index contributed by atoms with van der Waals surface area (Å²) in [6.45, 7) is 2.73. The van der Waals surface area contributed by atoms with Gasteiger partial charge in [0.25, 0.3) is 0 Å². The van der Waals surface area contributed by atoms with Crippen molar-refractivity contribution in [2.75, 3.05) is 0 Å². The van der Waals surface area contributed by atoms with Gasteiger partial charge in [-0.1, -0.05) is 6.07 Å². The summed E-state index contributed by atoms with van der Waals surface area (Å²) in [5.74, 6) is -0.297. The maximum absolute atomic E-state index is 13.0. The van der Waals surface area contributed by atoms with Crippen molar-refractivity contribution in [3.05, 3.63) is 51.1 Å². The third-order valence-corrected chi connectivity index (χ3v) is 3.48. The molecule has 1 unspecified atom stereocenters. The zero-order chi connectivity index (χ0) is 12.4. The third kappa shape index (κ3) is 2.66. The monoisotopic (exact) mass is 346 g/mol. The molecule has 90 valence electrons. The molecule has 0 bridgehead atoms. The molecule has 0 fully saturated rings. The van der Waals surface area contributed by atoms with Crippen LogP contribution in [-0.4, -0.2) is 14.9 Å². The van der Waals surface area contributed by atoms with Crippen LogP contribution < -0.4 is 0 Å². The molecular formula is C12H12FIN2O. The van der Waals surface area contributed by atoms with Gasteiger partial charge in [0.15, 0.2) is 0 Å². The van der Waals surface area contributed by atoms with Gasteiger partial charge in [-0.3, -0.25) is 4.68 Å². The topological polar surface area (TPSA) is 38.0 Å². The Morgan fingerprint density at radius 1 is 1.53 bits per heavy atom. The average Bonchev–Trinajstić information content (AvgIpc) is 2.76. The van der Waals surface area contributed by atoms with E-state index in [1.54, 1.807) is 23.1 Å². The minimum atomic E-state index is -0.761. The van der Waals surface area contributed by atoms with Crippen LogP contribution in [0.3, 0.4) is 0 Å². The lowest BCUT2D eigenvalue weighted by Crippen LogP contribution is -2.01. The van der Waals surface area contributed by atoms with Gasteiger partial charge in [-0.25, -0.2) is 4.39 Å². The first-order valence-corrected chi connectivity index (χ1v) is 6.35. The first kappa shape index (κ1) is 12.5. The van der Waals surface area contributed by atoms with E-state index in [0.717, 1.165) is 12.1 Å². The van der Waals surface area contributed by atoms with Gasteiger partial charge in [-0.2, -0.15) is 5.10 Å². The second-order valence-electron chi connectivity index (χ2n) is 3.70. The highest BCUT2D eigenvalue weighted by molar-refractivity contribution is 14.1. The Morgan fingerprint density at radius 3 is 2.88 bits per heavy atom. The normalized spacial score (nSPS) is 12.7. The number of benzene rings is 1. The molecule has 2 aromatic rings. The van der Waals surface area contributed by atoms with Crippen molar-refractivity contribution in [3.63, 3.8) is 0 Å². The first-order chi connectivity index (χ1) is 8.11. The molecule has 1 heterocycles. The summed E-state index contributed by atoms with van der Waals surface area (Å²) in [7, 11) is 0. The highest BCUT2D eigenvalue weighted by atomic mass is 127. The second kappa shape index (κ2) is 5.14. The fraction of sp³-hybridized carbons (Fsp3) is 0.250. The van der Waals surface area contributed by atoms with Crippen LogP contribution in [-0.2, 0) is 6.54 Å². The van der Waals surface area contributed by atoms with Gasteiger partial charge < -0.3 is 5.11 Å². The maximum Gasteiger partial charge on any atom is 0.124 e. The van der Waals surface area contributed by atoms with Gasteiger partial charge >= 0.3 is 0 Å².